The number of halogens is 1. The van der Waals surface area contributed by atoms with Crippen LogP contribution in [0.4, 0.5) is 5.69 Å². The van der Waals surface area contributed by atoms with Gasteiger partial charge in [-0.3, -0.25) is 4.79 Å². The molecule has 0 aliphatic carbocycles. The summed E-state index contributed by atoms with van der Waals surface area (Å²) in [6.45, 7) is 7.32. The van der Waals surface area contributed by atoms with Gasteiger partial charge >= 0.3 is 0 Å². The van der Waals surface area contributed by atoms with Crippen LogP contribution in [0.2, 0.25) is 5.02 Å². The Hall–Kier alpha value is -1.89. The molecule has 7 heteroatoms. The highest BCUT2D eigenvalue weighted by molar-refractivity contribution is 7.89. The molecular weight excluding hydrogens is 408 g/mol. The molecule has 1 aliphatic heterocycles. The fourth-order valence-corrected chi connectivity index (χ4v) is 5.78. The van der Waals surface area contributed by atoms with E-state index in [2.05, 4.69) is 0 Å². The Morgan fingerprint density at radius 2 is 1.76 bits per heavy atom. The molecule has 0 aromatic heterocycles. The molecule has 2 aromatic carbocycles. The second-order valence-electron chi connectivity index (χ2n) is 7.45. The number of anilines is 1. The van der Waals surface area contributed by atoms with Gasteiger partial charge in [0.2, 0.25) is 10.0 Å². The fourth-order valence-electron chi connectivity index (χ4n) is 3.77. The van der Waals surface area contributed by atoms with Crippen LogP contribution in [-0.4, -0.2) is 38.3 Å². The van der Waals surface area contributed by atoms with E-state index in [-0.39, 0.29) is 15.8 Å². The summed E-state index contributed by atoms with van der Waals surface area (Å²) in [4.78, 5) is 14.9. The second-order valence-corrected chi connectivity index (χ2v) is 9.76. The highest BCUT2D eigenvalue weighted by atomic mass is 35.5. The molecule has 1 fully saturated rings. The van der Waals surface area contributed by atoms with E-state index in [1.165, 1.54) is 16.4 Å². The maximum absolute atomic E-state index is 13.3. The number of benzene rings is 2. The van der Waals surface area contributed by atoms with Crippen molar-refractivity contribution in [2.75, 3.05) is 24.5 Å². The van der Waals surface area contributed by atoms with Crippen LogP contribution >= 0.6 is 11.6 Å². The smallest absolute Gasteiger partial charge is 0.258 e. The molecule has 156 valence electrons. The number of carbonyl (C=O) groups excluding carboxylic acids is 1. The first-order chi connectivity index (χ1) is 13.8. The van der Waals surface area contributed by atoms with Crippen molar-refractivity contribution in [2.24, 2.45) is 0 Å². The van der Waals surface area contributed by atoms with Crippen LogP contribution in [0.5, 0.6) is 0 Å². The highest BCUT2D eigenvalue weighted by Crippen LogP contribution is 2.29. The SMILES string of the molecule is CCN(C(=O)c1ccc(Cl)c(S(=O)(=O)N2CCCCC2)c1)c1ccc(C)cc1C. The number of nitrogens with zero attached hydrogens (tertiary/aromatic N) is 2. The van der Waals surface area contributed by atoms with Crippen LogP contribution in [-0.2, 0) is 10.0 Å². The predicted molar refractivity (Wildman–Crippen MR) is 117 cm³/mol. The van der Waals surface area contributed by atoms with Crippen LogP contribution in [0, 0.1) is 13.8 Å². The van der Waals surface area contributed by atoms with E-state index in [1.807, 2.05) is 39.0 Å². The number of sulfonamides is 1. The van der Waals surface area contributed by atoms with Crippen LogP contribution in [0.3, 0.4) is 0 Å². The molecule has 0 spiro atoms. The van der Waals surface area contributed by atoms with Gasteiger partial charge in [0.1, 0.15) is 4.90 Å². The Bertz CT molecular complexity index is 1010. The molecule has 2 aromatic rings. The third-order valence-electron chi connectivity index (χ3n) is 5.32. The standard InChI is InChI=1S/C22H27ClN2O3S/c1-4-25(20-11-8-16(2)14-17(20)3)22(26)18-9-10-19(23)21(15-18)29(27,28)24-12-6-5-7-13-24/h8-11,14-15H,4-7,12-13H2,1-3H3. The summed E-state index contributed by atoms with van der Waals surface area (Å²) in [5.74, 6) is -0.244. The molecule has 0 bridgehead atoms. The van der Waals surface area contributed by atoms with Crippen molar-refractivity contribution in [1.29, 1.82) is 0 Å². The van der Waals surface area contributed by atoms with Gasteiger partial charge in [-0.2, -0.15) is 4.31 Å². The van der Waals surface area contributed by atoms with E-state index in [0.717, 1.165) is 36.1 Å². The Kier molecular flexibility index (Phi) is 6.66. The van der Waals surface area contributed by atoms with Gasteiger partial charge in [0.15, 0.2) is 0 Å². The zero-order valence-electron chi connectivity index (χ0n) is 17.1. The lowest BCUT2D eigenvalue weighted by Crippen LogP contribution is -2.36. The molecule has 1 amide bonds. The number of hydrogen-bond acceptors (Lipinski definition) is 3. The number of piperidine rings is 1. The molecule has 0 atom stereocenters. The van der Waals surface area contributed by atoms with Gasteiger partial charge in [-0.15, -0.1) is 0 Å². The molecule has 0 saturated carbocycles. The summed E-state index contributed by atoms with van der Waals surface area (Å²) in [7, 11) is -3.73. The average Bonchev–Trinajstić information content (AvgIpc) is 2.70. The minimum absolute atomic E-state index is 0.00333. The van der Waals surface area contributed by atoms with Gasteiger partial charge in [-0.05, 0) is 63.4 Å². The van der Waals surface area contributed by atoms with Gasteiger partial charge in [0.05, 0.1) is 5.02 Å². The number of amides is 1. The first kappa shape index (κ1) is 21.8. The minimum Gasteiger partial charge on any atom is -0.308 e. The van der Waals surface area contributed by atoms with E-state index in [9.17, 15) is 13.2 Å². The maximum Gasteiger partial charge on any atom is 0.258 e. The molecule has 0 N–H and O–H groups in total. The molecule has 29 heavy (non-hydrogen) atoms. The van der Waals surface area contributed by atoms with Gasteiger partial charge in [-0.25, -0.2) is 8.42 Å². The molecule has 1 heterocycles. The lowest BCUT2D eigenvalue weighted by atomic mass is 10.1. The quantitative estimate of drug-likeness (QED) is 0.679. The largest absolute Gasteiger partial charge is 0.308 e. The Morgan fingerprint density at radius 3 is 2.38 bits per heavy atom. The zero-order valence-corrected chi connectivity index (χ0v) is 18.7. The molecule has 1 saturated heterocycles. The summed E-state index contributed by atoms with van der Waals surface area (Å²) in [6.07, 6.45) is 2.71. The number of aryl methyl sites for hydroxylation is 2. The van der Waals surface area contributed by atoms with Crippen molar-refractivity contribution in [3.63, 3.8) is 0 Å². The summed E-state index contributed by atoms with van der Waals surface area (Å²) < 4.78 is 27.7. The van der Waals surface area contributed by atoms with Gasteiger partial charge in [0.25, 0.3) is 5.91 Å². The Balaban J connectivity index is 1.98. The minimum atomic E-state index is -3.73. The van der Waals surface area contributed by atoms with Crippen LogP contribution in [0.1, 0.15) is 47.7 Å². The highest BCUT2D eigenvalue weighted by Gasteiger charge is 2.29. The van der Waals surface area contributed by atoms with Crippen molar-refractivity contribution in [3.05, 3.63) is 58.1 Å². The topological polar surface area (TPSA) is 57.7 Å². The summed E-state index contributed by atoms with van der Waals surface area (Å²) >= 11 is 6.25. The molecule has 1 aliphatic rings. The number of carbonyl (C=O) groups is 1. The van der Waals surface area contributed by atoms with Crippen LogP contribution in [0.25, 0.3) is 0 Å². The van der Waals surface area contributed by atoms with Crippen molar-refractivity contribution >= 4 is 33.2 Å². The van der Waals surface area contributed by atoms with E-state index in [1.54, 1.807) is 11.0 Å². The lowest BCUT2D eigenvalue weighted by molar-refractivity contribution is 0.0988. The monoisotopic (exact) mass is 434 g/mol. The first-order valence-electron chi connectivity index (χ1n) is 9.94. The van der Waals surface area contributed by atoms with Gasteiger partial charge in [0, 0.05) is 30.9 Å². The number of rotatable bonds is 5. The summed E-state index contributed by atoms with van der Waals surface area (Å²) in [6, 6.07) is 10.4. The Labute approximate surface area is 178 Å². The second kappa shape index (κ2) is 8.86. The van der Waals surface area contributed by atoms with Crippen molar-refractivity contribution in [1.82, 2.24) is 4.31 Å². The van der Waals surface area contributed by atoms with Gasteiger partial charge < -0.3 is 4.90 Å². The predicted octanol–water partition coefficient (Wildman–Crippen LogP) is 4.80. The normalized spacial score (nSPS) is 15.3. The van der Waals surface area contributed by atoms with E-state index in [4.69, 9.17) is 11.6 Å². The zero-order chi connectivity index (χ0) is 21.2. The van der Waals surface area contributed by atoms with E-state index in [0.29, 0.717) is 25.2 Å². The van der Waals surface area contributed by atoms with Crippen LogP contribution < -0.4 is 4.90 Å². The third-order valence-corrected chi connectivity index (χ3v) is 7.70. The molecule has 0 unspecified atom stereocenters. The molecule has 3 rings (SSSR count). The van der Waals surface area contributed by atoms with Crippen molar-refractivity contribution in [3.8, 4) is 0 Å². The van der Waals surface area contributed by atoms with Crippen molar-refractivity contribution in [2.45, 2.75) is 44.9 Å². The number of hydrogen-bond donors (Lipinski definition) is 0. The maximum atomic E-state index is 13.3. The molecular formula is C22H27ClN2O3S. The van der Waals surface area contributed by atoms with Crippen LogP contribution in [0.15, 0.2) is 41.3 Å². The van der Waals surface area contributed by atoms with E-state index >= 15 is 0 Å². The van der Waals surface area contributed by atoms with E-state index < -0.39 is 10.0 Å². The summed E-state index contributed by atoms with van der Waals surface area (Å²) in [5, 5.41) is 0.140. The van der Waals surface area contributed by atoms with Gasteiger partial charge in [-0.1, -0.05) is 35.7 Å². The molecule has 5 nitrogen and oxygen atoms in total. The molecule has 0 radical (unpaired) electrons. The van der Waals surface area contributed by atoms with Crippen molar-refractivity contribution < 1.29 is 13.2 Å². The summed E-state index contributed by atoms with van der Waals surface area (Å²) in [5.41, 5.74) is 3.25. The average molecular weight is 435 g/mol. The first-order valence-corrected chi connectivity index (χ1v) is 11.8. The fraction of sp³-hybridized carbons (Fsp3) is 0.409. The third kappa shape index (κ3) is 4.49. The lowest BCUT2D eigenvalue weighted by Gasteiger charge is -2.27. The Morgan fingerprint density at radius 1 is 1.07 bits per heavy atom.